The van der Waals surface area contributed by atoms with Gasteiger partial charge < -0.3 is 14.5 Å². The van der Waals surface area contributed by atoms with Gasteiger partial charge in [-0.3, -0.25) is 4.57 Å². The van der Waals surface area contributed by atoms with Gasteiger partial charge in [-0.25, -0.2) is 9.59 Å². The molecule has 1 heterocycles. The van der Waals surface area contributed by atoms with Crippen molar-refractivity contribution in [2.45, 2.75) is 50.7 Å². The van der Waals surface area contributed by atoms with Crippen LogP contribution in [0.4, 0.5) is 0 Å². The minimum absolute atomic E-state index is 0.110. The summed E-state index contributed by atoms with van der Waals surface area (Å²) in [4.78, 5) is 28.0. The number of aromatic nitrogens is 2. The van der Waals surface area contributed by atoms with Gasteiger partial charge in [0.25, 0.3) is 0 Å². The summed E-state index contributed by atoms with van der Waals surface area (Å²) in [5, 5.41) is 0. The number of carbonyl (C=O) groups is 1. The molecule has 154 valence electrons. The van der Waals surface area contributed by atoms with E-state index >= 15 is 0 Å². The molecular weight excluding hydrogens is 380 g/mol. The van der Waals surface area contributed by atoms with Crippen LogP contribution in [0.2, 0.25) is 0 Å². The van der Waals surface area contributed by atoms with Gasteiger partial charge in [-0.2, -0.15) is 0 Å². The van der Waals surface area contributed by atoms with E-state index in [1.807, 2.05) is 18.2 Å². The van der Waals surface area contributed by atoms with E-state index in [9.17, 15) is 9.59 Å². The zero-order chi connectivity index (χ0) is 20.2. The van der Waals surface area contributed by atoms with Crippen molar-refractivity contribution in [1.29, 1.82) is 0 Å². The van der Waals surface area contributed by atoms with Crippen LogP contribution in [0.1, 0.15) is 65.7 Å². The van der Waals surface area contributed by atoms with Crippen molar-refractivity contribution in [3.63, 3.8) is 0 Å². The third-order valence-corrected chi connectivity index (χ3v) is 6.46. The lowest BCUT2D eigenvalue weighted by atomic mass is 10.1. The number of fused-ring (bicyclic) bond motifs is 2. The van der Waals surface area contributed by atoms with Crippen LogP contribution >= 0.6 is 0 Å². The van der Waals surface area contributed by atoms with Crippen molar-refractivity contribution in [2.24, 2.45) is 5.92 Å². The van der Waals surface area contributed by atoms with Crippen LogP contribution in [0.25, 0.3) is 11.0 Å². The second kappa shape index (κ2) is 6.76. The average molecular weight is 404 g/mol. The summed E-state index contributed by atoms with van der Waals surface area (Å²) in [5.74, 6) is 1.28. The summed E-state index contributed by atoms with van der Waals surface area (Å²) in [6.45, 7) is 0.778. The van der Waals surface area contributed by atoms with Crippen LogP contribution in [0.5, 0.6) is 5.75 Å². The standard InChI is InChI=1S/C24H24N2O4/c27-23(15-6-10-19-20(12-15)26(16-7-8-16)24(28)25-19)30-22-11-9-18-17(22)2-1-3-21(18)29-13-14-4-5-14/h1-3,6,10,12,14,16,22H,4-5,7-9,11,13H2,(H,25,28). The van der Waals surface area contributed by atoms with Crippen molar-refractivity contribution >= 4 is 17.0 Å². The SMILES string of the molecule is O=C(OC1CCc2c(OCC3CC3)cccc21)c1ccc2[nH]c(=O)n(C3CC3)c2c1. The molecule has 0 amide bonds. The lowest BCUT2D eigenvalue weighted by Gasteiger charge is -2.15. The molecule has 0 bridgehead atoms. The minimum atomic E-state index is -0.352. The number of esters is 1. The summed E-state index contributed by atoms with van der Waals surface area (Å²) < 4.78 is 13.7. The Morgan fingerprint density at radius 1 is 1.10 bits per heavy atom. The van der Waals surface area contributed by atoms with Crippen molar-refractivity contribution in [3.05, 3.63) is 63.6 Å². The molecule has 6 rings (SSSR count). The van der Waals surface area contributed by atoms with E-state index < -0.39 is 0 Å². The number of nitrogens with one attached hydrogen (secondary N) is 1. The normalized spacial score (nSPS) is 20.3. The van der Waals surface area contributed by atoms with Crippen molar-refractivity contribution in [3.8, 4) is 5.75 Å². The van der Waals surface area contributed by atoms with Gasteiger partial charge in [-0.1, -0.05) is 12.1 Å². The molecule has 3 aliphatic carbocycles. The maximum Gasteiger partial charge on any atom is 0.338 e. The Kier molecular flexibility index (Phi) is 4.01. The molecule has 1 aromatic heterocycles. The second-order valence-electron chi connectivity index (χ2n) is 8.77. The van der Waals surface area contributed by atoms with E-state index in [4.69, 9.17) is 9.47 Å². The molecule has 1 unspecified atom stereocenters. The van der Waals surface area contributed by atoms with E-state index in [-0.39, 0.29) is 23.8 Å². The molecule has 0 radical (unpaired) electrons. The third-order valence-electron chi connectivity index (χ3n) is 6.46. The maximum atomic E-state index is 12.9. The first-order chi connectivity index (χ1) is 14.7. The smallest absolute Gasteiger partial charge is 0.338 e. The number of rotatable bonds is 6. The lowest BCUT2D eigenvalue weighted by Crippen LogP contribution is -2.15. The molecule has 1 atom stereocenters. The molecule has 2 aromatic carbocycles. The summed E-state index contributed by atoms with van der Waals surface area (Å²) in [6.07, 6.45) is 5.89. The number of nitrogens with zero attached hydrogens (tertiary/aromatic N) is 1. The second-order valence-corrected chi connectivity index (χ2v) is 8.77. The molecule has 1 N–H and O–H groups in total. The number of carbonyl (C=O) groups excluding carboxylic acids is 1. The minimum Gasteiger partial charge on any atom is -0.493 e. The number of ether oxygens (including phenoxy) is 2. The van der Waals surface area contributed by atoms with Crippen LogP contribution in [0.3, 0.4) is 0 Å². The van der Waals surface area contributed by atoms with Crippen LogP contribution in [-0.4, -0.2) is 22.1 Å². The fourth-order valence-electron chi connectivity index (χ4n) is 4.47. The topological polar surface area (TPSA) is 73.3 Å². The molecule has 0 saturated heterocycles. The first kappa shape index (κ1) is 17.8. The number of hydrogen-bond donors (Lipinski definition) is 1. The molecule has 0 aliphatic heterocycles. The third kappa shape index (κ3) is 3.11. The van der Waals surface area contributed by atoms with Gasteiger partial charge in [0.15, 0.2) is 0 Å². The largest absolute Gasteiger partial charge is 0.493 e. The maximum absolute atomic E-state index is 12.9. The van der Waals surface area contributed by atoms with Crippen molar-refractivity contribution in [1.82, 2.24) is 9.55 Å². The van der Waals surface area contributed by atoms with Crippen LogP contribution in [0.15, 0.2) is 41.2 Å². The monoisotopic (exact) mass is 404 g/mol. The quantitative estimate of drug-likeness (QED) is 0.622. The fourth-order valence-corrected chi connectivity index (χ4v) is 4.47. The Morgan fingerprint density at radius 3 is 2.77 bits per heavy atom. The Balaban J connectivity index is 1.24. The highest BCUT2D eigenvalue weighted by Gasteiger charge is 2.31. The number of hydrogen-bond acceptors (Lipinski definition) is 4. The van der Waals surface area contributed by atoms with E-state index in [1.54, 1.807) is 22.8 Å². The predicted octanol–water partition coefficient (Wildman–Crippen LogP) is 4.30. The van der Waals surface area contributed by atoms with Crippen LogP contribution in [-0.2, 0) is 11.2 Å². The Labute approximate surface area is 173 Å². The zero-order valence-corrected chi connectivity index (χ0v) is 16.7. The van der Waals surface area contributed by atoms with Gasteiger partial charge in [0.2, 0.25) is 0 Å². The van der Waals surface area contributed by atoms with Crippen molar-refractivity contribution < 1.29 is 14.3 Å². The van der Waals surface area contributed by atoms with Gasteiger partial charge in [-0.05, 0) is 74.3 Å². The fraction of sp³-hybridized carbons (Fsp3) is 0.417. The average Bonchev–Trinajstić information content (AvgIpc) is 3.68. The highest BCUT2D eigenvalue weighted by Crippen LogP contribution is 2.40. The highest BCUT2D eigenvalue weighted by molar-refractivity contribution is 5.94. The molecule has 2 saturated carbocycles. The van der Waals surface area contributed by atoms with Crippen LogP contribution < -0.4 is 10.4 Å². The summed E-state index contributed by atoms with van der Waals surface area (Å²) in [7, 11) is 0. The number of benzene rings is 2. The summed E-state index contributed by atoms with van der Waals surface area (Å²) >= 11 is 0. The molecule has 6 heteroatoms. The molecule has 3 aromatic rings. The number of H-pyrrole nitrogens is 1. The first-order valence-electron chi connectivity index (χ1n) is 10.9. The molecular formula is C24H24N2O4. The van der Waals surface area contributed by atoms with E-state index in [1.165, 1.54) is 18.4 Å². The number of imidazole rings is 1. The predicted molar refractivity (Wildman–Crippen MR) is 112 cm³/mol. The Hall–Kier alpha value is -3.02. The van der Waals surface area contributed by atoms with E-state index in [0.29, 0.717) is 11.5 Å². The highest BCUT2D eigenvalue weighted by atomic mass is 16.5. The van der Waals surface area contributed by atoms with E-state index in [2.05, 4.69) is 4.98 Å². The van der Waals surface area contributed by atoms with Gasteiger partial charge in [0, 0.05) is 11.6 Å². The van der Waals surface area contributed by atoms with E-state index in [0.717, 1.165) is 54.6 Å². The lowest BCUT2D eigenvalue weighted by molar-refractivity contribution is 0.0301. The summed E-state index contributed by atoms with van der Waals surface area (Å²) in [5.41, 5.74) is 4.12. The first-order valence-corrected chi connectivity index (χ1v) is 10.9. The zero-order valence-electron chi connectivity index (χ0n) is 16.7. The van der Waals surface area contributed by atoms with Gasteiger partial charge in [0.1, 0.15) is 11.9 Å². The summed E-state index contributed by atoms with van der Waals surface area (Å²) in [6, 6.07) is 11.6. The Bertz CT molecular complexity index is 1200. The molecule has 6 nitrogen and oxygen atoms in total. The van der Waals surface area contributed by atoms with Gasteiger partial charge in [0.05, 0.1) is 23.2 Å². The molecule has 2 fully saturated rings. The molecule has 0 spiro atoms. The molecule has 3 aliphatic rings. The van der Waals surface area contributed by atoms with Crippen LogP contribution in [0, 0.1) is 5.92 Å². The Morgan fingerprint density at radius 2 is 1.97 bits per heavy atom. The number of aromatic amines is 1. The van der Waals surface area contributed by atoms with Gasteiger partial charge in [-0.15, -0.1) is 0 Å². The molecule has 30 heavy (non-hydrogen) atoms. The van der Waals surface area contributed by atoms with Crippen molar-refractivity contribution in [2.75, 3.05) is 6.61 Å². The van der Waals surface area contributed by atoms with Gasteiger partial charge >= 0.3 is 11.7 Å².